The van der Waals surface area contributed by atoms with Gasteiger partial charge >= 0.3 is 0 Å². The highest BCUT2D eigenvalue weighted by atomic mass is 31.2. The molecule has 0 amide bonds. The minimum atomic E-state index is -3.04. The first kappa shape index (κ1) is 27.5. The monoisotopic (exact) mass is 621 g/mol. The fraction of sp³-hybridized carbons (Fsp3) is 0. The second kappa shape index (κ2) is 10.9. The number of furan rings is 1. The zero-order chi connectivity index (χ0) is 31.4. The first-order valence-corrected chi connectivity index (χ1v) is 17.4. The van der Waals surface area contributed by atoms with Gasteiger partial charge in [0.2, 0.25) is 0 Å². The van der Waals surface area contributed by atoms with Crippen molar-refractivity contribution < 1.29 is 8.98 Å². The van der Waals surface area contributed by atoms with Gasteiger partial charge in [0.15, 0.2) is 7.14 Å². The summed E-state index contributed by atoms with van der Waals surface area (Å²) >= 11 is 0. The van der Waals surface area contributed by atoms with E-state index in [1.807, 2.05) is 103 Å². The fourth-order valence-electron chi connectivity index (χ4n) is 6.77. The Labute approximate surface area is 272 Å². The van der Waals surface area contributed by atoms with Crippen LogP contribution in [-0.4, -0.2) is 4.98 Å². The van der Waals surface area contributed by atoms with Gasteiger partial charge in [-0.1, -0.05) is 140 Å². The zero-order valence-electron chi connectivity index (χ0n) is 25.4. The third kappa shape index (κ3) is 4.51. The zero-order valence-corrected chi connectivity index (χ0v) is 26.3. The van der Waals surface area contributed by atoms with Crippen molar-refractivity contribution in [3.63, 3.8) is 0 Å². The maximum atomic E-state index is 14.9. The van der Waals surface area contributed by atoms with Crippen molar-refractivity contribution in [3.8, 4) is 22.4 Å². The van der Waals surface area contributed by atoms with E-state index in [1.165, 1.54) is 0 Å². The van der Waals surface area contributed by atoms with Crippen LogP contribution >= 0.6 is 7.14 Å². The van der Waals surface area contributed by atoms with E-state index in [0.29, 0.717) is 0 Å². The van der Waals surface area contributed by atoms with Crippen LogP contribution in [0.3, 0.4) is 0 Å². The van der Waals surface area contributed by atoms with E-state index in [2.05, 4.69) is 66.7 Å². The highest BCUT2D eigenvalue weighted by Crippen LogP contribution is 2.43. The highest BCUT2D eigenvalue weighted by molar-refractivity contribution is 7.85. The molecule has 0 saturated carbocycles. The number of benzene rings is 7. The first-order valence-electron chi connectivity index (χ1n) is 15.7. The van der Waals surface area contributed by atoms with Gasteiger partial charge in [0, 0.05) is 32.2 Å². The smallest absolute Gasteiger partial charge is 0.171 e. The molecule has 0 unspecified atom stereocenters. The molecule has 0 atom stereocenters. The van der Waals surface area contributed by atoms with Crippen LogP contribution < -0.4 is 15.9 Å². The van der Waals surface area contributed by atoms with E-state index < -0.39 is 7.14 Å². The molecule has 0 aliphatic heterocycles. The minimum Gasteiger partial charge on any atom is -0.455 e. The number of hydrogen-bond acceptors (Lipinski definition) is 3. The summed E-state index contributed by atoms with van der Waals surface area (Å²) in [6.07, 6.45) is 0. The Morgan fingerprint density at radius 3 is 1.79 bits per heavy atom. The molecule has 0 radical (unpaired) electrons. The lowest BCUT2D eigenvalue weighted by atomic mass is 9.98. The summed E-state index contributed by atoms with van der Waals surface area (Å²) in [5, 5.41) is 7.79. The van der Waals surface area contributed by atoms with E-state index in [1.54, 1.807) is 0 Å². The highest BCUT2D eigenvalue weighted by Gasteiger charge is 2.29. The van der Waals surface area contributed by atoms with Gasteiger partial charge in [0.25, 0.3) is 0 Å². The topological polar surface area (TPSA) is 43.1 Å². The molecule has 9 rings (SSSR count). The predicted molar refractivity (Wildman–Crippen MR) is 197 cm³/mol. The lowest BCUT2D eigenvalue weighted by molar-refractivity contribution is 0.592. The van der Waals surface area contributed by atoms with Crippen molar-refractivity contribution in [1.82, 2.24) is 4.98 Å². The molecule has 47 heavy (non-hydrogen) atoms. The average molecular weight is 622 g/mol. The normalized spacial score (nSPS) is 11.9. The minimum absolute atomic E-state index is 0.834. The number of rotatable bonds is 5. The number of para-hydroxylation sites is 2. The molecule has 0 aliphatic carbocycles. The number of fused-ring (bicyclic) bond motifs is 6. The summed E-state index contributed by atoms with van der Waals surface area (Å²) in [6.45, 7) is 0. The Balaban J connectivity index is 1.11. The average Bonchev–Trinajstić information content (AvgIpc) is 3.55. The van der Waals surface area contributed by atoms with Crippen LogP contribution in [0.4, 0.5) is 0 Å². The second-order valence-electron chi connectivity index (χ2n) is 11.9. The third-order valence-corrected chi connectivity index (χ3v) is 12.2. The van der Waals surface area contributed by atoms with E-state index in [4.69, 9.17) is 9.40 Å². The van der Waals surface area contributed by atoms with E-state index in [0.717, 1.165) is 81.9 Å². The molecule has 222 valence electrons. The molecule has 4 heteroatoms. The predicted octanol–water partition coefficient (Wildman–Crippen LogP) is 10.3. The van der Waals surface area contributed by atoms with E-state index >= 15 is 0 Å². The van der Waals surface area contributed by atoms with Crippen LogP contribution in [-0.2, 0) is 4.57 Å². The second-order valence-corrected chi connectivity index (χ2v) is 14.7. The molecule has 0 saturated heterocycles. The van der Waals surface area contributed by atoms with Crippen molar-refractivity contribution in [2.24, 2.45) is 0 Å². The summed E-state index contributed by atoms with van der Waals surface area (Å²) < 4.78 is 21.3. The third-order valence-electron chi connectivity index (χ3n) is 9.13. The number of hydrogen-bond donors (Lipinski definition) is 0. The van der Waals surface area contributed by atoms with Crippen LogP contribution in [0.25, 0.3) is 66.0 Å². The quantitative estimate of drug-likeness (QED) is 0.180. The molecule has 2 heterocycles. The molecule has 0 bridgehead atoms. The van der Waals surface area contributed by atoms with Gasteiger partial charge in [0.05, 0.1) is 16.6 Å². The molecular formula is C43H28NO2P. The van der Waals surface area contributed by atoms with Crippen molar-refractivity contribution in [1.29, 1.82) is 0 Å². The Hall–Kier alpha value is -5.76. The number of pyridine rings is 1. The van der Waals surface area contributed by atoms with Crippen molar-refractivity contribution >= 4 is 66.7 Å². The number of nitrogens with zero attached hydrogens (tertiary/aromatic N) is 1. The summed E-state index contributed by atoms with van der Waals surface area (Å²) in [4.78, 5) is 5.13. The van der Waals surface area contributed by atoms with Crippen molar-refractivity contribution in [2.45, 2.75) is 0 Å². The molecule has 7 aromatic carbocycles. The van der Waals surface area contributed by atoms with Gasteiger partial charge in [-0.2, -0.15) is 0 Å². The van der Waals surface area contributed by atoms with Crippen molar-refractivity contribution in [2.75, 3.05) is 0 Å². The van der Waals surface area contributed by atoms with Crippen LogP contribution in [0.5, 0.6) is 0 Å². The van der Waals surface area contributed by atoms with Gasteiger partial charge in [0.1, 0.15) is 11.2 Å². The molecule has 2 aromatic heterocycles. The fourth-order valence-corrected chi connectivity index (χ4v) is 9.45. The van der Waals surface area contributed by atoms with Gasteiger partial charge in [-0.15, -0.1) is 0 Å². The van der Waals surface area contributed by atoms with Crippen LogP contribution in [0.15, 0.2) is 174 Å². The molecule has 9 aromatic rings. The largest absolute Gasteiger partial charge is 0.455 e. The molecule has 0 N–H and O–H groups in total. The van der Waals surface area contributed by atoms with Gasteiger partial charge in [-0.25, -0.2) is 4.98 Å². The Morgan fingerprint density at radius 2 is 1.04 bits per heavy atom. The number of aromatic nitrogens is 1. The molecule has 0 aliphatic rings. The van der Waals surface area contributed by atoms with Crippen LogP contribution in [0, 0.1) is 0 Å². The summed E-state index contributed by atoms with van der Waals surface area (Å²) in [6, 6.07) is 57.3. The van der Waals surface area contributed by atoms with E-state index in [9.17, 15) is 4.57 Å². The van der Waals surface area contributed by atoms with Gasteiger partial charge in [-0.3, -0.25) is 0 Å². The van der Waals surface area contributed by atoms with Gasteiger partial charge in [-0.05, 0) is 52.2 Å². The van der Waals surface area contributed by atoms with E-state index in [-0.39, 0.29) is 0 Å². The summed E-state index contributed by atoms with van der Waals surface area (Å²) in [5.41, 5.74) is 6.85. The van der Waals surface area contributed by atoms with Gasteiger partial charge < -0.3 is 8.98 Å². The van der Waals surface area contributed by atoms with Crippen LogP contribution in [0.2, 0.25) is 0 Å². The summed E-state index contributed by atoms with van der Waals surface area (Å²) in [7, 11) is -3.04. The Bertz CT molecular complexity index is 2600. The summed E-state index contributed by atoms with van der Waals surface area (Å²) in [5.74, 6) is 0. The standard InChI is InChI=1S/C43H28NO2P/c45-47(34-11-3-1-4-12-34,35-13-5-2-6-14-35)36-26-25-32-27-31(23-24-33(32)28-36)29-19-21-30(22-20-29)42-41-38-16-8-10-18-40(38)46-43(41)37-15-7-9-17-39(37)44-42/h1-28H. The lowest BCUT2D eigenvalue weighted by Gasteiger charge is -2.20. The van der Waals surface area contributed by atoms with Crippen molar-refractivity contribution in [3.05, 3.63) is 170 Å². The lowest BCUT2D eigenvalue weighted by Crippen LogP contribution is -2.24. The maximum Gasteiger partial charge on any atom is 0.171 e. The maximum absolute atomic E-state index is 14.9. The molecule has 3 nitrogen and oxygen atoms in total. The first-order chi connectivity index (χ1) is 23.2. The Kier molecular flexibility index (Phi) is 6.41. The molecular weight excluding hydrogens is 593 g/mol. The molecule has 0 spiro atoms. The molecule has 0 fully saturated rings. The Morgan fingerprint density at radius 1 is 0.468 bits per heavy atom. The SMILES string of the molecule is O=P(c1ccccc1)(c1ccccc1)c1ccc2cc(-c3ccc(-c4nc5ccccc5c5oc6ccccc6c45)cc3)ccc2c1. The van der Waals surface area contributed by atoms with Crippen LogP contribution in [0.1, 0.15) is 0 Å².